The lowest BCUT2D eigenvalue weighted by Gasteiger charge is -2.18. The number of nitrogens with one attached hydrogen (secondary N) is 1. The van der Waals surface area contributed by atoms with Crippen molar-refractivity contribution in [3.05, 3.63) is 34.9 Å². The van der Waals surface area contributed by atoms with Crippen molar-refractivity contribution in [2.24, 2.45) is 0 Å². The monoisotopic (exact) mass is 207 g/mol. The van der Waals surface area contributed by atoms with Gasteiger partial charge in [-0.25, -0.2) is 4.39 Å². The van der Waals surface area contributed by atoms with Crippen molar-refractivity contribution < 1.29 is 4.39 Å². The molecule has 0 aromatic heterocycles. The van der Waals surface area contributed by atoms with Gasteiger partial charge < -0.3 is 5.32 Å². The number of halogens is 1. The second kappa shape index (κ2) is 4.31. The number of benzene rings is 1. The Hall–Kier alpha value is -0.890. The molecule has 2 heteroatoms. The van der Waals surface area contributed by atoms with Gasteiger partial charge in [0.1, 0.15) is 6.17 Å². The molecule has 2 rings (SSSR count). The molecule has 2 atom stereocenters. The first-order valence-corrected chi connectivity index (χ1v) is 5.63. The standard InChI is InChI=1S/C13H18FN/c1-9-5-6-11(10(2)8-9)13(14)12-4-3-7-15-12/h5-6,8,12-13,15H,3-4,7H2,1-2H3. The third kappa shape index (κ3) is 2.20. The summed E-state index contributed by atoms with van der Waals surface area (Å²) < 4.78 is 14.2. The highest BCUT2D eigenvalue weighted by Gasteiger charge is 2.26. The van der Waals surface area contributed by atoms with Crippen LogP contribution in [0.1, 0.15) is 35.7 Å². The SMILES string of the molecule is Cc1ccc(C(F)C2CCCN2)c(C)c1. The molecule has 1 nitrogen and oxygen atoms in total. The first kappa shape index (κ1) is 10.6. The Kier molecular flexibility index (Phi) is 3.06. The van der Waals surface area contributed by atoms with Gasteiger partial charge in [0.15, 0.2) is 0 Å². The van der Waals surface area contributed by atoms with Crippen LogP contribution in [0.4, 0.5) is 4.39 Å². The van der Waals surface area contributed by atoms with Crippen LogP contribution in [-0.2, 0) is 0 Å². The van der Waals surface area contributed by atoms with Gasteiger partial charge in [0.05, 0.1) is 0 Å². The molecule has 0 bridgehead atoms. The smallest absolute Gasteiger partial charge is 0.141 e. The highest BCUT2D eigenvalue weighted by atomic mass is 19.1. The van der Waals surface area contributed by atoms with Gasteiger partial charge in [0.2, 0.25) is 0 Å². The number of hydrogen-bond acceptors (Lipinski definition) is 1. The predicted molar refractivity (Wildman–Crippen MR) is 60.8 cm³/mol. The molecule has 0 spiro atoms. The fourth-order valence-electron chi connectivity index (χ4n) is 2.31. The van der Waals surface area contributed by atoms with Gasteiger partial charge in [0, 0.05) is 6.04 Å². The molecule has 2 unspecified atom stereocenters. The van der Waals surface area contributed by atoms with Gasteiger partial charge in [-0.2, -0.15) is 0 Å². The molecule has 1 fully saturated rings. The minimum Gasteiger partial charge on any atom is -0.311 e. The van der Waals surface area contributed by atoms with Crippen molar-refractivity contribution in [2.75, 3.05) is 6.54 Å². The lowest BCUT2D eigenvalue weighted by Crippen LogP contribution is -2.26. The van der Waals surface area contributed by atoms with Crippen LogP contribution in [0, 0.1) is 13.8 Å². The maximum Gasteiger partial charge on any atom is 0.141 e. The molecule has 0 saturated carbocycles. The molecule has 0 amide bonds. The van der Waals surface area contributed by atoms with Crippen LogP contribution in [0.15, 0.2) is 18.2 Å². The Morgan fingerprint density at radius 2 is 2.20 bits per heavy atom. The summed E-state index contributed by atoms with van der Waals surface area (Å²) in [5.74, 6) is 0. The predicted octanol–water partition coefficient (Wildman–Crippen LogP) is 3.07. The molecule has 1 aromatic rings. The maximum absolute atomic E-state index is 14.2. The number of rotatable bonds is 2. The van der Waals surface area contributed by atoms with Gasteiger partial charge in [-0.3, -0.25) is 0 Å². The van der Waals surface area contributed by atoms with E-state index < -0.39 is 6.17 Å². The molecule has 82 valence electrons. The van der Waals surface area contributed by atoms with Crippen LogP contribution >= 0.6 is 0 Å². The summed E-state index contributed by atoms with van der Waals surface area (Å²) in [5, 5.41) is 3.22. The molecule has 1 aliphatic heterocycles. The number of alkyl halides is 1. The summed E-state index contributed by atoms with van der Waals surface area (Å²) in [7, 11) is 0. The van der Waals surface area contributed by atoms with E-state index in [0.29, 0.717) is 0 Å². The van der Waals surface area contributed by atoms with Crippen molar-refractivity contribution in [1.82, 2.24) is 5.32 Å². The third-order valence-electron chi connectivity index (χ3n) is 3.17. The van der Waals surface area contributed by atoms with E-state index in [0.717, 1.165) is 30.5 Å². The zero-order valence-corrected chi connectivity index (χ0v) is 9.39. The van der Waals surface area contributed by atoms with Crippen LogP contribution < -0.4 is 5.32 Å². The van der Waals surface area contributed by atoms with Gasteiger partial charge in [-0.15, -0.1) is 0 Å². The average molecular weight is 207 g/mol. The minimum atomic E-state index is -0.854. The van der Waals surface area contributed by atoms with Gasteiger partial charge in [0.25, 0.3) is 0 Å². The number of hydrogen-bond donors (Lipinski definition) is 1. The van der Waals surface area contributed by atoms with Crippen molar-refractivity contribution >= 4 is 0 Å². The Balaban J connectivity index is 2.20. The zero-order chi connectivity index (χ0) is 10.8. The van der Waals surface area contributed by atoms with Gasteiger partial charge in [-0.05, 0) is 44.4 Å². The van der Waals surface area contributed by atoms with Crippen LogP contribution in [0.25, 0.3) is 0 Å². The molecule has 15 heavy (non-hydrogen) atoms. The molecule has 1 saturated heterocycles. The number of aryl methyl sites for hydroxylation is 2. The second-order valence-corrected chi connectivity index (χ2v) is 4.46. The van der Waals surface area contributed by atoms with Crippen molar-refractivity contribution in [3.8, 4) is 0 Å². The van der Waals surface area contributed by atoms with Crippen molar-refractivity contribution in [2.45, 2.75) is 38.9 Å². The fraction of sp³-hybridized carbons (Fsp3) is 0.538. The Morgan fingerprint density at radius 3 is 2.80 bits per heavy atom. The highest BCUT2D eigenvalue weighted by molar-refractivity contribution is 5.32. The van der Waals surface area contributed by atoms with Crippen LogP contribution in [-0.4, -0.2) is 12.6 Å². The largest absolute Gasteiger partial charge is 0.311 e. The summed E-state index contributed by atoms with van der Waals surface area (Å²) in [6, 6.07) is 5.99. The lowest BCUT2D eigenvalue weighted by molar-refractivity contribution is 0.270. The quantitative estimate of drug-likeness (QED) is 0.786. The fourth-order valence-corrected chi connectivity index (χ4v) is 2.31. The Labute approximate surface area is 90.7 Å². The molecular weight excluding hydrogens is 189 g/mol. The summed E-state index contributed by atoms with van der Waals surface area (Å²) in [4.78, 5) is 0. The molecule has 0 radical (unpaired) electrons. The maximum atomic E-state index is 14.2. The van der Waals surface area contributed by atoms with E-state index in [9.17, 15) is 4.39 Å². The average Bonchev–Trinajstić information content (AvgIpc) is 2.69. The summed E-state index contributed by atoms with van der Waals surface area (Å²) in [5.41, 5.74) is 3.11. The molecule has 1 N–H and O–H groups in total. The van der Waals surface area contributed by atoms with E-state index in [4.69, 9.17) is 0 Å². The first-order chi connectivity index (χ1) is 7.18. The van der Waals surface area contributed by atoms with Crippen molar-refractivity contribution in [1.29, 1.82) is 0 Å². The summed E-state index contributed by atoms with van der Waals surface area (Å²) >= 11 is 0. The minimum absolute atomic E-state index is 0.0198. The van der Waals surface area contributed by atoms with E-state index in [2.05, 4.69) is 11.4 Å². The lowest BCUT2D eigenvalue weighted by atomic mass is 9.97. The Morgan fingerprint density at radius 1 is 1.40 bits per heavy atom. The molecular formula is C13H18FN. The molecule has 0 aliphatic carbocycles. The van der Waals surface area contributed by atoms with Crippen LogP contribution in [0.2, 0.25) is 0 Å². The van der Waals surface area contributed by atoms with Crippen molar-refractivity contribution in [3.63, 3.8) is 0 Å². The Bertz CT molecular complexity index is 342. The van der Waals surface area contributed by atoms with E-state index in [1.54, 1.807) is 0 Å². The summed E-state index contributed by atoms with van der Waals surface area (Å²) in [6.45, 7) is 4.98. The second-order valence-electron chi connectivity index (χ2n) is 4.46. The molecule has 1 aliphatic rings. The van der Waals surface area contributed by atoms with Crippen LogP contribution in [0.3, 0.4) is 0 Å². The first-order valence-electron chi connectivity index (χ1n) is 5.63. The van der Waals surface area contributed by atoms with E-state index in [1.807, 2.05) is 26.0 Å². The highest BCUT2D eigenvalue weighted by Crippen LogP contribution is 2.29. The van der Waals surface area contributed by atoms with E-state index in [1.165, 1.54) is 5.56 Å². The molecule has 1 heterocycles. The van der Waals surface area contributed by atoms with Gasteiger partial charge >= 0.3 is 0 Å². The third-order valence-corrected chi connectivity index (χ3v) is 3.17. The van der Waals surface area contributed by atoms with Gasteiger partial charge in [-0.1, -0.05) is 23.8 Å². The summed E-state index contributed by atoms with van der Waals surface area (Å²) in [6.07, 6.45) is 1.19. The van der Waals surface area contributed by atoms with E-state index >= 15 is 0 Å². The molecule has 1 aromatic carbocycles. The normalized spacial score (nSPS) is 23.0. The van der Waals surface area contributed by atoms with E-state index in [-0.39, 0.29) is 6.04 Å². The topological polar surface area (TPSA) is 12.0 Å². The zero-order valence-electron chi connectivity index (χ0n) is 9.39. The van der Waals surface area contributed by atoms with Crippen LogP contribution in [0.5, 0.6) is 0 Å².